The van der Waals surface area contributed by atoms with Gasteiger partial charge in [-0.1, -0.05) is 74.5 Å². The molecule has 1 aliphatic rings. The summed E-state index contributed by atoms with van der Waals surface area (Å²) < 4.78 is 8.58. The summed E-state index contributed by atoms with van der Waals surface area (Å²) in [5.74, 6) is 1.41. The standard InChI is InChI=1S/C23H32Cl2N2OS/c1-16(2)21-22(29-19-14-17(24)13-18(25)15-19)27(4)20(26-21)9-12-28-23(3)10-7-5-6-8-11-23/h13-16H,5-12H2,1-4H3. The minimum atomic E-state index is 0.0255. The van der Waals surface area contributed by atoms with Crippen LogP contribution in [0.2, 0.25) is 10.0 Å². The topological polar surface area (TPSA) is 27.1 Å². The molecule has 1 aliphatic carbocycles. The van der Waals surface area contributed by atoms with Crippen molar-refractivity contribution in [1.82, 2.24) is 9.55 Å². The van der Waals surface area contributed by atoms with E-state index in [9.17, 15) is 0 Å². The van der Waals surface area contributed by atoms with Crippen LogP contribution in [0, 0.1) is 0 Å². The van der Waals surface area contributed by atoms with Gasteiger partial charge >= 0.3 is 0 Å². The van der Waals surface area contributed by atoms with E-state index in [1.165, 1.54) is 38.5 Å². The molecule has 1 heterocycles. The second kappa shape index (κ2) is 10.1. The van der Waals surface area contributed by atoms with E-state index in [-0.39, 0.29) is 5.60 Å². The fourth-order valence-corrected chi connectivity index (χ4v) is 5.86. The molecular weight excluding hydrogens is 423 g/mol. The normalized spacial score (nSPS) is 16.9. The van der Waals surface area contributed by atoms with E-state index in [0.29, 0.717) is 22.6 Å². The van der Waals surface area contributed by atoms with E-state index in [0.717, 1.165) is 27.9 Å². The summed E-state index contributed by atoms with van der Waals surface area (Å²) in [6, 6.07) is 5.66. The fourth-order valence-electron chi connectivity index (χ4n) is 3.98. The Morgan fingerprint density at radius 1 is 1.10 bits per heavy atom. The number of rotatable bonds is 7. The molecule has 29 heavy (non-hydrogen) atoms. The summed E-state index contributed by atoms with van der Waals surface area (Å²) in [6.45, 7) is 7.36. The summed E-state index contributed by atoms with van der Waals surface area (Å²) >= 11 is 14.1. The molecule has 1 aromatic heterocycles. The molecule has 0 saturated heterocycles. The van der Waals surface area contributed by atoms with E-state index < -0.39 is 0 Å². The number of aromatic nitrogens is 2. The van der Waals surface area contributed by atoms with Crippen molar-refractivity contribution in [3.05, 3.63) is 39.8 Å². The average Bonchev–Trinajstić information content (AvgIpc) is 2.80. The highest BCUT2D eigenvalue weighted by Crippen LogP contribution is 2.37. The predicted molar refractivity (Wildman–Crippen MR) is 124 cm³/mol. The van der Waals surface area contributed by atoms with Crippen molar-refractivity contribution >= 4 is 35.0 Å². The van der Waals surface area contributed by atoms with Gasteiger partial charge in [-0.3, -0.25) is 0 Å². The average molecular weight is 455 g/mol. The van der Waals surface area contributed by atoms with Gasteiger partial charge in [0.2, 0.25) is 0 Å². The molecular formula is C23H32Cl2N2OS. The molecule has 3 rings (SSSR count). The minimum absolute atomic E-state index is 0.0255. The van der Waals surface area contributed by atoms with Crippen LogP contribution >= 0.6 is 35.0 Å². The van der Waals surface area contributed by atoms with Crippen LogP contribution in [0.5, 0.6) is 0 Å². The Balaban J connectivity index is 1.73. The van der Waals surface area contributed by atoms with Crippen LogP contribution in [0.4, 0.5) is 0 Å². The lowest BCUT2D eigenvalue weighted by Gasteiger charge is -2.28. The first-order valence-corrected chi connectivity index (χ1v) is 12.2. The Morgan fingerprint density at radius 3 is 2.31 bits per heavy atom. The molecule has 1 saturated carbocycles. The van der Waals surface area contributed by atoms with E-state index in [2.05, 4.69) is 32.4 Å². The third kappa shape index (κ3) is 6.16. The SMILES string of the molecule is CC(C)c1nc(CCOC2(C)CCCCCC2)n(C)c1Sc1cc(Cl)cc(Cl)c1. The highest BCUT2D eigenvalue weighted by Gasteiger charge is 2.26. The zero-order valence-electron chi connectivity index (χ0n) is 17.9. The summed E-state index contributed by atoms with van der Waals surface area (Å²) in [5, 5.41) is 2.45. The number of imidazole rings is 1. The number of nitrogens with zero attached hydrogens (tertiary/aromatic N) is 2. The monoisotopic (exact) mass is 454 g/mol. The molecule has 0 amide bonds. The number of halogens is 2. The summed E-state index contributed by atoms with van der Waals surface area (Å²) in [5.41, 5.74) is 1.14. The third-order valence-electron chi connectivity index (χ3n) is 5.70. The highest BCUT2D eigenvalue weighted by molar-refractivity contribution is 7.99. The lowest BCUT2D eigenvalue weighted by Crippen LogP contribution is -2.29. The molecule has 1 aromatic carbocycles. The van der Waals surface area contributed by atoms with Crippen LogP contribution in [0.15, 0.2) is 28.1 Å². The van der Waals surface area contributed by atoms with Crippen LogP contribution in [-0.4, -0.2) is 21.8 Å². The predicted octanol–water partition coefficient (Wildman–Crippen LogP) is 7.67. The highest BCUT2D eigenvalue weighted by atomic mass is 35.5. The van der Waals surface area contributed by atoms with Gasteiger partial charge in [-0.25, -0.2) is 4.98 Å². The van der Waals surface area contributed by atoms with Gasteiger partial charge in [0, 0.05) is 28.4 Å². The second-order valence-electron chi connectivity index (χ2n) is 8.60. The summed E-state index contributed by atoms with van der Waals surface area (Å²) in [6.07, 6.45) is 8.39. The van der Waals surface area contributed by atoms with Crippen LogP contribution in [-0.2, 0) is 18.2 Å². The number of hydrogen-bond acceptors (Lipinski definition) is 3. The molecule has 0 spiro atoms. The van der Waals surface area contributed by atoms with Crippen molar-refractivity contribution in [2.45, 2.75) is 87.2 Å². The van der Waals surface area contributed by atoms with Crippen molar-refractivity contribution in [3.8, 4) is 0 Å². The Kier molecular flexibility index (Phi) is 8.00. The molecule has 0 radical (unpaired) electrons. The van der Waals surface area contributed by atoms with Gasteiger partial charge in [0.05, 0.1) is 17.9 Å². The molecule has 0 N–H and O–H groups in total. The largest absolute Gasteiger partial charge is 0.375 e. The van der Waals surface area contributed by atoms with Crippen molar-refractivity contribution in [2.24, 2.45) is 7.05 Å². The first-order chi connectivity index (χ1) is 13.8. The van der Waals surface area contributed by atoms with Gasteiger partial charge in [0.15, 0.2) is 0 Å². The Bertz CT molecular complexity index is 806. The maximum Gasteiger partial charge on any atom is 0.111 e. The van der Waals surface area contributed by atoms with Crippen LogP contribution < -0.4 is 0 Å². The smallest absolute Gasteiger partial charge is 0.111 e. The first-order valence-electron chi connectivity index (χ1n) is 10.6. The molecule has 160 valence electrons. The maximum absolute atomic E-state index is 6.37. The lowest BCUT2D eigenvalue weighted by molar-refractivity contribution is -0.0412. The summed E-state index contributed by atoms with van der Waals surface area (Å²) in [7, 11) is 2.09. The van der Waals surface area contributed by atoms with E-state index in [1.807, 2.05) is 12.1 Å². The fraction of sp³-hybridized carbons (Fsp3) is 0.609. The van der Waals surface area contributed by atoms with Crippen LogP contribution in [0.25, 0.3) is 0 Å². The van der Waals surface area contributed by atoms with Gasteiger partial charge in [0.1, 0.15) is 10.9 Å². The number of hydrogen-bond donors (Lipinski definition) is 0. The molecule has 0 atom stereocenters. The van der Waals surface area contributed by atoms with Crippen molar-refractivity contribution < 1.29 is 4.74 Å². The Morgan fingerprint density at radius 2 is 1.72 bits per heavy atom. The molecule has 0 bridgehead atoms. The number of ether oxygens (including phenoxy) is 1. The Labute approximate surface area is 189 Å². The first kappa shape index (κ1) is 23.0. The lowest BCUT2D eigenvalue weighted by atomic mass is 9.97. The zero-order valence-corrected chi connectivity index (χ0v) is 20.3. The van der Waals surface area contributed by atoms with E-state index >= 15 is 0 Å². The van der Waals surface area contributed by atoms with Gasteiger partial charge in [-0.2, -0.15) is 0 Å². The number of benzene rings is 1. The van der Waals surface area contributed by atoms with Gasteiger partial charge in [-0.15, -0.1) is 0 Å². The molecule has 0 unspecified atom stereocenters. The van der Waals surface area contributed by atoms with Crippen LogP contribution in [0.1, 0.15) is 76.7 Å². The van der Waals surface area contributed by atoms with Gasteiger partial charge < -0.3 is 9.30 Å². The van der Waals surface area contributed by atoms with Crippen molar-refractivity contribution in [2.75, 3.05) is 6.61 Å². The maximum atomic E-state index is 6.37. The van der Waals surface area contributed by atoms with Crippen molar-refractivity contribution in [3.63, 3.8) is 0 Å². The molecule has 2 aromatic rings. The van der Waals surface area contributed by atoms with E-state index in [1.54, 1.807) is 17.8 Å². The third-order valence-corrected chi connectivity index (χ3v) is 7.28. The molecule has 3 nitrogen and oxygen atoms in total. The zero-order chi connectivity index (χ0) is 21.0. The Hall–Kier alpha value is -0.680. The summed E-state index contributed by atoms with van der Waals surface area (Å²) in [4.78, 5) is 6.00. The van der Waals surface area contributed by atoms with Crippen LogP contribution in [0.3, 0.4) is 0 Å². The second-order valence-corrected chi connectivity index (χ2v) is 10.5. The van der Waals surface area contributed by atoms with E-state index in [4.69, 9.17) is 32.9 Å². The van der Waals surface area contributed by atoms with Crippen molar-refractivity contribution in [1.29, 1.82) is 0 Å². The quantitative estimate of drug-likeness (QED) is 0.401. The molecule has 1 fully saturated rings. The minimum Gasteiger partial charge on any atom is -0.375 e. The van der Waals surface area contributed by atoms with Gasteiger partial charge in [-0.05, 0) is 43.9 Å². The molecule has 0 aliphatic heterocycles. The molecule has 6 heteroatoms. The van der Waals surface area contributed by atoms with Gasteiger partial charge in [0.25, 0.3) is 0 Å².